The van der Waals surface area contributed by atoms with E-state index in [1.165, 1.54) is 28.6 Å². The van der Waals surface area contributed by atoms with Crippen LogP contribution in [-0.4, -0.2) is 56.3 Å². The first kappa shape index (κ1) is 20.1. The molecule has 9 heteroatoms. The van der Waals surface area contributed by atoms with Gasteiger partial charge in [0.2, 0.25) is 10.0 Å². The number of piperazine rings is 1. The number of hydrogen-bond acceptors (Lipinski definition) is 5. The predicted octanol–water partition coefficient (Wildman–Crippen LogP) is 2.39. The summed E-state index contributed by atoms with van der Waals surface area (Å²) in [6.07, 6.45) is 0. The summed E-state index contributed by atoms with van der Waals surface area (Å²) in [7, 11) is -3.61. The van der Waals surface area contributed by atoms with Crippen LogP contribution in [0.1, 0.15) is 10.4 Å². The van der Waals surface area contributed by atoms with Crippen molar-refractivity contribution < 1.29 is 17.9 Å². The lowest BCUT2D eigenvalue weighted by Crippen LogP contribution is -2.50. The van der Waals surface area contributed by atoms with Crippen molar-refractivity contribution in [2.24, 2.45) is 0 Å². The molecule has 1 aliphatic heterocycles. The van der Waals surface area contributed by atoms with E-state index in [1.807, 2.05) is 6.07 Å². The van der Waals surface area contributed by atoms with E-state index in [9.17, 15) is 13.2 Å². The standard InChI is InChI=1S/C19H18ClN3O4S/c20-16-3-7-18(8-4-16)28(25,26)23-12-10-22(11-13-23)19(24)15-1-5-17(6-2-15)27-14-9-21/h1-8H,10-14H2. The third kappa shape index (κ3) is 4.44. The maximum Gasteiger partial charge on any atom is 0.253 e. The Kier molecular flexibility index (Phi) is 6.19. The van der Waals surface area contributed by atoms with Crippen molar-refractivity contribution in [2.75, 3.05) is 32.8 Å². The number of amides is 1. The molecular weight excluding hydrogens is 402 g/mol. The summed E-state index contributed by atoms with van der Waals surface area (Å²) in [4.78, 5) is 14.4. The second-order valence-corrected chi connectivity index (χ2v) is 8.50. The zero-order valence-corrected chi connectivity index (χ0v) is 16.5. The minimum absolute atomic E-state index is 0.0582. The Bertz CT molecular complexity index is 977. The van der Waals surface area contributed by atoms with Gasteiger partial charge in [0.15, 0.2) is 6.61 Å². The Balaban J connectivity index is 1.62. The van der Waals surface area contributed by atoms with Gasteiger partial charge in [-0.1, -0.05) is 11.6 Å². The number of halogens is 1. The van der Waals surface area contributed by atoms with E-state index in [1.54, 1.807) is 29.2 Å². The van der Waals surface area contributed by atoms with Crippen LogP contribution in [-0.2, 0) is 10.0 Å². The molecule has 0 aromatic heterocycles. The third-order valence-electron chi connectivity index (χ3n) is 4.38. The van der Waals surface area contributed by atoms with Crippen LogP contribution in [0, 0.1) is 11.3 Å². The highest BCUT2D eigenvalue weighted by Crippen LogP contribution is 2.21. The second kappa shape index (κ2) is 8.61. The Morgan fingerprint density at radius 2 is 1.64 bits per heavy atom. The number of carbonyl (C=O) groups excluding carboxylic acids is 1. The highest BCUT2D eigenvalue weighted by Gasteiger charge is 2.30. The predicted molar refractivity (Wildman–Crippen MR) is 104 cm³/mol. The molecule has 3 rings (SSSR count). The van der Waals surface area contributed by atoms with Gasteiger partial charge in [-0.15, -0.1) is 0 Å². The smallest absolute Gasteiger partial charge is 0.253 e. The van der Waals surface area contributed by atoms with Gasteiger partial charge in [-0.2, -0.15) is 9.57 Å². The highest BCUT2D eigenvalue weighted by atomic mass is 35.5. The summed E-state index contributed by atoms with van der Waals surface area (Å²) in [6.45, 7) is 0.994. The fourth-order valence-electron chi connectivity index (χ4n) is 2.88. The van der Waals surface area contributed by atoms with Gasteiger partial charge < -0.3 is 9.64 Å². The fourth-order valence-corrected chi connectivity index (χ4v) is 4.43. The Morgan fingerprint density at radius 1 is 1.04 bits per heavy atom. The molecule has 1 saturated heterocycles. The quantitative estimate of drug-likeness (QED) is 0.742. The van der Waals surface area contributed by atoms with Gasteiger partial charge in [0.25, 0.3) is 5.91 Å². The minimum Gasteiger partial charge on any atom is -0.479 e. The molecule has 0 N–H and O–H groups in total. The van der Waals surface area contributed by atoms with Gasteiger partial charge in [0.1, 0.15) is 11.8 Å². The van der Waals surface area contributed by atoms with Crippen molar-refractivity contribution in [1.82, 2.24) is 9.21 Å². The van der Waals surface area contributed by atoms with Crippen molar-refractivity contribution >= 4 is 27.5 Å². The maximum absolute atomic E-state index is 12.7. The van der Waals surface area contributed by atoms with E-state index in [2.05, 4.69) is 0 Å². The molecule has 1 fully saturated rings. The largest absolute Gasteiger partial charge is 0.479 e. The van der Waals surface area contributed by atoms with E-state index in [0.29, 0.717) is 29.4 Å². The van der Waals surface area contributed by atoms with Gasteiger partial charge in [-0.05, 0) is 48.5 Å². The number of nitrogens with zero attached hydrogens (tertiary/aromatic N) is 3. The van der Waals surface area contributed by atoms with Crippen molar-refractivity contribution in [3.8, 4) is 11.8 Å². The van der Waals surface area contributed by atoms with Crippen LogP contribution >= 0.6 is 11.6 Å². The molecule has 1 amide bonds. The molecular formula is C19H18ClN3O4S. The zero-order chi connectivity index (χ0) is 20.1. The molecule has 0 saturated carbocycles. The summed E-state index contributed by atoms with van der Waals surface area (Å²) in [6, 6.07) is 14.4. The van der Waals surface area contributed by atoms with Crippen molar-refractivity contribution in [3.05, 3.63) is 59.1 Å². The maximum atomic E-state index is 12.7. The molecule has 1 aliphatic rings. The molecule has 0 radical (unpaired) electrons. The van der Waals surface area contributed by atoms with E-state index in [0.717, 1.165) is 0 Å². The Labute approximate surface area is 168 Å². The molecule has 146 valence electrons. The SMILES string of the molecule is N#CCOc1ccc(C(=O)N2CCN(S(=O)(=O)c3ccc(Cl)cc3)CC2)cc1. The van der Waals surface area contributed by atoms with Crippen LogP contribution in [0.25, 0.3) is 0 Å². The molecule has 2 aromatic rings. The minimum atomic E-state index is -3.61. The normalized spacial score (nSPS) is 15.1. The summed E-state index contributed by atoms with van der Waals surface area (Å²) in [5.74, 6) is 0.340. The summed E-state index contributed by atoms with van der Waals surface area (Å²) >= 11 is 5.82. The molecule has 0 spiro atoms. The van der Waals surface area contributed by atoms with E-state index in [-0.39, 0.29) is 30.5 Å². The third-order valence-corrected chi connectivity index (χ3v) is 6.55. The molecule has 2 aromatic carbocycles. The Morgan fingerprint density at radius 3 is 2.21 bits per heavy atom. The van der Waals surface area contributed by atoms with Crippen molar-refractivity contribution in [2.45, 2.75) is 4.90 Å². The average molecular weight is 420 g/mol. The first-order valence-electron chi connectivity index (χ1n) is 8.56. The van der Waals surface area contributed by atoms with Gasteiger partial charge in [0, 0.05) is 36.8 Å². The molecule has 0 unspecified atom stereocenters. The van der Waals surface area contributed by atoms with Gasteiger partial charge in [-0.25, -0.2) is 8.42 Å². The number of nitriles is 1. The number of benzene rings is 2. The van der Waals surface area contributed by atoms with Gasteiger partial charge >= 0.3 is 0 Å². The molecule has 0 aliphatic carbocycles. The number of rotatable bonds is 5. The van der Waals surface area contributed by atoms with Gasteiger partial charge in [-0.3, -0.25) is 4.79 Å². The van der Waals surface area contributed by atoms with E-state index in [4.69, 9.17) is 21.6 Å². The second-order valence-electron chi connectivity index (χ2n) is 6.12. The van der Waals surface area contributed by atoms with Crippen LogP contribution in [0.2, 0.25) is 5.02 Å². The lowest BCUT2D eigenvalue weighted by atomic mass is 10.2. The van der Waals surface area contributed by atoms with Crippen LogP contribution in [0.4, 0.5) is 0 Å². The topological polar surface area (TPSA) is 90.7 Å². The van der Waals surface area contributed by atoms with Gasteiger partial charge in [0.05, 0.1) is 4.90 Å². The molecule has 0 bridgehead atoms. The molecule has 1 heterocycles. The summed E-state index contributed by atoms with van der Waals surface area (Å²) in [5.41, 5.74) is 0.485. The summed E-state index contributed by atoms with van der Waals surface area (Å²) in [5, 5.41) is 8.99. The monoisotopic (exact) mass is 419 g/mol. The van der Waals surface area contributed by atoms with Crippen LogP contribution in [0.15, 0.2) is 53.4 Å². The molecule has 7 nitrogen and oxygen atoms in total. The van der Waals surface area contributed by atoms with E-state index < -0.39 is 10.0 Å². The Hall–Kier alpha value is -2.60. The first-order chi connectivity index (χ1) is 13.4. The van der Waals surface area contributed by atoms with E-state index >= 15 is 0 Å². The van der Waals surface area contributed by atoms with Crippen LogP contribution in [0.3, 0.4) is 0 Å². The lowest BCUT2D eigenvalue weighted by Gasteiger charge is -2.34. The lowest BCUT2D eigenvalue weighted by molar-refractivity contribution is 0.0698. The number of ether oxygens (including phenoxy) is 1. The highest BCUT2D eigenvalue weighted by molar-refractivity contribution is 7.89. The van der Waals surface area contributed by atoms with Crippen molar-refractivity contribution in [1.29, 1.82) is 5.26 Å². The zero-order valence-electron chi connectivity index (χ0n) is 14.9. The van der Waals surface area contributed by atoms with Crippen LogP contribution in [0.5, 0.6) is 5.75 Å². The number of carbonyl (C=O) groups is 1. The van der Waals surface area contributed by atoms with Crippen molar-refractivity contribution in [3.63, 3.8) is 0 Å². The average Bonchev–Trinajstić information content (AvgIpc) is 2.72. The summed E-state index contributed by atoms with van der Waals surface area (Å²) < 4.78 is 32.0. The fraction of sp³-hybridized carbons (Fsp3) is 0.263. The molecule has 0 atom stereocenters. The van der Waals surface area contributed by atoms with Crippen LogP contribution < -0.4 is 4.74 Å². The molecule has 28 heavy (non-hydrogen) atoms. The number of sulfonamides is 1. The first-order valence-corrected chi connectivity index (χ1v) is 10.4. The number of hydrogen-bond donors (Lipinski definition) is 0.